The average molecular weight is 383 g/mol. The van der Waals surface area contributed by atoms with Gasteiger partial charge < -0.3 is 18.9 Å². The third-order valence-electron chi connectivity index (χ3n) is 5.88. The summed E-state index contributed by atoms with van der Waals surface area (Å²) in [5.41, 5.74) is 1.33. The molecule has 28 heavy (non-hydrogen) atoms. The predicted octanol–water partition coefficient (Wildman–Crippen LogP) is 3.44. The third kappa shape index (κ3) is 4.01. The van der Waals surface area contributed by atoms with E-state index in [1.54, 1.807) is 0 Å². The maximum Gasteiger partial charge on any atom is 0.231 e. The molecule has 1 saturated heterocycles. The molecule has 6 nitrogen and oxygen atoms in total. The third-order valence-corrected chi connectivity index (χ3v) is 5.88. The van der Waals surface area contributed by atoms with Crippen LogP contribution in [-0.2, 0) is 24.2 Å². The first-order valence-corrected chi connectivity index (χ1v) is 10.2. The summed E-state index contributed by atoms with van der Waals surface area (Å²) in [6.07, 6.45) is 8.27. The van der Waals surface area contributed by atoms with Gasteiger partial charge in [-0.15, -0.1) is 0 Å². The van der Waals surface area contributed by atoms with Gasteiger partial charge in [0.1, 0.15) is 5.82 Å². The number of likely N-dealkylation sites (tertiary alicyclic amines) is 1. The van der Waals surface area contributed by atoms with Gasteiger partial charge in [0.05, 0.1) is 0 Å². The fraction of sp³-hybridized carbons (Fsp3) is 0.545. The Morgan fingerprint density at radius 1 is 1.21 bits per heavy atom. The van der Waals surface area contributed by atoms with E-state index in [0.717, 1.165) is 62.6 Å². The highest BCUT2D eigenvalue weighted by Gasteiger charge is 2.35. The molecule has 0 spiro atoms. The van der Waals surface area contributed by atoms with Crippen LogP contribution in [0.2, 0.25) is 0 Å². The molecule has 2 aromatic rings. The molecule has 0 N–H and O–H groups in total. The van der Waals surface area contributed by atoms with Crippen molar-refractivity contribution < 1.29 is 14.3 Å². The minimum absolute atomic E-state index is 0.0885. The highest BCUT2D eigenvalue weighted by atomic mass is 16.7. The number of aryl methyl sites for hydroxylation is 2. The SMILES string of the molecule is CCc1nccn1CCCN1C[C@](C)(Cc2ccc3c(c2)OCO3)CCC1=O. The Bertz CT molecular complexity index is 847. The van der Waals surface area contributed by atoms with Crippen molar-refractivity contribution in [2.45, 2.75) is 52.5 Å². The maximum atomic E-state index is 12.5. The number of piperidine rings is 1. The lowest BCUT2D eigenvalue weighted by molar-refractivity contribution is -0.137. The molecule has 0 bridgehead atoms. The number of aromatic nitrogens is 2. The van der Waals surface area contributed by atoms with E-state index in [9.17, 15) is 4.79 Å². The molecule has 3 heterocycles. The molecular weight excluding hydrogens is 354 g/mol. The van der Waals surface area contributed by atoms with E-state index in [4.69, 9.17) is 9.47 Å². The number of carbonyl (C=O) groups is 1. The molecule has 1 atom stereocenters. The Labute approximate surface area is 166 Å². The summed E-state index contributed by atoms with van der Waals surface area (Å²) in [6.45, 7) is 7.24. The average Bonchev–Trinajstić information content (AvgIpc) is 3.33. The van der Waals surface area contributed by atoms with Crippen molar-refractivity contribution in [3.05, 3.63) is 42.0 Å². The number of ether oxygens (including phenoxy) is 2. The van der Waals surface area contributed by atoms with E-state index in [1.165, 1.54) is 5.56 Å². The van der Waals surface area contributed by atoms with Gasteiger partial charge in [-0.25, -0.2) is 4.98 Å². The summed E-state index contributed by atoms with van der Waals surface area (Å²) in [7, 11) is 0. The molecule has 0 radical (unpaired) electrons. The highest BCUT2D eigenvalue weighted by Crippen LogP contribution is 2.37. The van der Waals surface area contributed by atoms with Gasteiger partial charge in [-0.1, -0.05) is 19.9 Å². The van der Waals surface area contributed by atoms with E-state index in [-0.39, 0.29) is 11.3 Å². The Morgan fingerprint density at radius 2 is 2.07 bits per heavy atom. The van der Waals surface area contributed by atoms with Crippen molar-refractivity contribution in [2.75, 3.05) is 19.9 Å². The second-order valence-electron chi connectivity index (χ2n) is 8.23. The lowest BCUT2D eigenvalue weighted by atomic mass is 9.76. The summed E-state index contributed by atoms with van der Waals surface area (Å²) in [6, 6.07) is 6.19. The molecule has 4 rings (SSSR count). The van der Waals surface area contributed by atoms with E-state index >= 15 is 0 Å². The first kappa shape index (κ1) is 18.8. The smallest absolute Gasteiger partial charge is 0.231 e. The molecule has 0 aliphatic carbocycles. The highest BCUT2D eigenvalue weighted by molar-refractivity contribution is 5.77. The van der Waals surface area contributed by atoms with Crippen LogP contribution in [0.15, 0.2) is 30.6 Å². The number of rotatable bonds is 7. The number of benzene rings is 1. The van der Waals surface area contributed by atoms with Crippen LogP contribution in [0, 0.1) is 5.41 Å². The van der Waals surface area contributed by atoms with Crippen molar-refractivity contribution in [2.24, 2.45) is 5.41 Å². The van der Waals surface area contributed by atoms with E-state index in [2.05, 4.69) is 40.4 Å². The topological polar surface area (TPSA) is 56.6 Å². The minimum Gasteiger partial charge on any atom is -0.454 e. The molecule has 1 aromatic heterocycles. The van der Waals surface area contributed by atoms with E-state index < -0.39 is 0 Å². The Kier molecular flexibility index (Phi) is 5.29. The minimum atomic E-state index is 0.0885. The fourth-order valence-corrected chi connectivity index (χ4v) is 4.38. The number of hydrogen-bond donors (Lipinski definition) is 0. The van der Waals surface area contributed by atoms with Crippen LogP contribution in [0.5, 0.6) is 11.5 Å². The number of fused-ring (bicyclic) bond motifs is 1. The second kappa shape index (κ2) is 7.86. The van der Waals surface area contributed by atoms with Gasteiger partial charge >= 0.3 is 0 Å². The Hall–Kier alpha value is -2.50. The van der Waals surface area contributed by atoms with Crippen LogP contribution < -0.4 is 9.47 Å². The van der Waals surface area contributed by atoms with Gasteiger partial charge in [-0.3, -0.25) is 4.79 Å². The molecule has 1 amide bonds. The zero-order valence-corrected chi connectivity index (χ0v) is 16.8. The first-order chi connectivity index (χ1) is 13.6. The van der Waals surface area contributed by atoms with E-state index in [0.29, 0.717) is 13.2 Å². The van der Waals surface area contributed by atoms with Crippen molar-refractivity contribution in [3.8, 4) is 11.5 Å². The van der Waals surface area contributed by atoms with Gasteiger partial charge in [0.2, 0.25) is 12.7 Å². The normalized spacial score (nSPS) is 21.4. The van der Waals surface area contributed by atoms with Gasteiger partial charge in [0, 0.05) is 44.9 Å². The molecule has 150 valence electrons. The van der Waals surface area contributed by atoms with E-state index in [1.807, 2.05) is 18.5 Å². The molecule has 2 aliphatic rings. The van der Waals surface area contributed by atoms with Crippen LogP contribution in [0.25, 0.3) is 0 Å². The summed E-state index contributed by atoms with van der Waals surface area (Å²) in [5, 5.41) is 0. The number of nitrogens with zero attached hydrogens (tertiary/aromatic N) is 3. The molecule has 6 heteroatoms. The number of amides is 1. The molecule has 0 saturated carbocycles. The summed E-state index contributed by atoms with van der Waals surface area (Å²) in [5.74, 6) is 3.04. The van der Waals surface area contributed by atoms with Crippen LogP contribution in [0.3, 0.4) is 0 Å². The second-order valence-corrected chi connectivity index (χ2v) is 8.23. The zero-order valence-electron chi connectivity index (χ0n) is 16.8. The largest absolute Gasteiger partial charge is 0.454 e. The standard InChI is InChI=1S/C22H29N3O3/c1-3-20-23-9-12-24(20)10-4-11-25-15-22(2,8-7-21(25)26)14-17-5-6-18-19(13-17)28-16-27-18/h5-6,9,12-13H,3-4,7-8,10-11,14-16H2,1-2H3/t22-/m0/s1. The molecule has 1 fully saturated rings. The van der Waals surface area contributed by atoms with Gasteiger partial charge in [0.25, 0.3) is 0 Å². The first-order valence-electron chi connectivity index (χ1n) is 10.2. The zero-order chi connectivity index (χ0) is 19.6. The van der Waals surface area contributed by atoms with Crippen LogP contribution >= 0.6 is 0 Å². The maximum absolute atomic E-state index is 12.5. The molecular formula is C22H29N3O3. The molecule has 2 aliphatic heterocycles. The number of hydrogen-bond acceptors (Lipinski definition) is 4. The monoisotopic (exact) mass is 383 g/mol. The molecule has 0 unspecified atom stereocenters. The Balaban J connectivity index is 1.36. The van der Waals surface area contributed by atoms with Gasteiger partial charge in [0.15, 0.2) is 11.5 Å². The summed E-state index contributed by atoms with van der Waals surface area (Å²) < 4.78 is 13.1. The van der Waals surface area contributed by atoms with Crippen LogP contribution in [0.4, 0.5) is 0 Å². The molecule has 1 aromatic carbocycles. The van der Waals surface area contributed by atoms with Crippen molar-refractivity contribution in [1.82, 2.24) is 14.5 Å². The van der Waals surface area contributed by atoms with Gasteiger partial charge in [-0.2, -0.15) is 0 Å². The number of carbonyl (C=O) groups excluding carboxylic acids is 1. The van der Waals surface area contributed by atoms with Crippen molar-refractivity contribution in [1.29, 1.82) is 0 Å². The van der Waals surface area contributed by atoms with Crippen molar-refractivity contribution in [3.63, 3.8) is 0 Å². The van der Waals surface area contributed by atoms with Crippen LogP contribution in [0.1, 0.15) is 44.5 Å². The summed E-state index contributed by atoms with van der Waals surface area (Å²) >= 11 is 0. The fourth-order valence-electron chi connectivity index (χ4n) is 4.38. The summed E-state index contributed by atoms with van der Waals surface area (Å²) in [4.78, 5) is 18.9. The number of imidazole rings is 1. The quantitative estimate of drug-likeness (QED) is 0.735. The van der Waals surface area contributed by atoms with Gasteiger partial charge in [-0.05, 0) is 42.4 Å². The lowest BCUT2D eigenvalue weighted by Gasteiger charge is -2.40. The van der Waals surface area contributed by atoms with Crippen molar-refractivity contribution >= 4 is 5.91 Å². The Morgan fingerprint density at radius 3 is 2.93 bits per heavy atom. The predicted molar refractivity (Wildman–Crippen MR) is 106 cm³/mol. The lowest BCUT2D eigenvalue weighted by Crippen LogP contribution is -2.46. The van der Waals surface area contributed by atoms with Crippen LogP contribution in [-0.4, -0.2) is 40.2 Å².